The first kappa shape index (κ1) is 23.4. The molecule has 0 saturated carbocycles. The van der Waals surface area contributed by atoms with Crippen molar-refractivity contribution in [1.82, 2.24) is 59.8 Å². The summed E-state index contributed by atoms with van der Waals surface area (Å²) in [6.45, 7) is 0. The van der Waals surface area contributed by atoms with Gasteiger partial charge in [-0.1, -0.05) is 0 Å². The Hall–Kier alpha value is -5.52. The van der Waals surface area contributed by atoms with Crippen LogP contribution in [0.25, 0.3) is 89.7 Å². The summed E-state index contributed by atoms with van der Waals surface area (Å²) < 4.78 is 0. The summed E-state index contributed by atoms with van der Waals surface area (Å²) in [4.78, 5) is 55.8. The van der Waals surface area contributed by atoms with Crippen LogP contribution in [0.1, 0.15) is 0 Å². The minimum Gasteiger partial charge on any atom is -0.357 e. The minimum absolute atomic E-state index is 0. The maximum atomic E-state index is 4.86. The summed E-state index contributed by atoms with van der Waals surface area (Å²) in [7, 11) is 0. The van der Waals surface area contributed by atoms with Crippen LogP contribution >= 0.6 is 0 Å². The third-order valence-corrected chi connectivity index (χ3v) is 6.91. The zero-order chi connectivity index (χ0) is 26.2. The van der Waals surface area contributed by atoms with Crippen molar-refractivity contribution in [2.24, 2.45) is 0 Å². The van der Waals surface area contributed by atoms with Crippen LogP contribution in [0.2, 0.25) is 0 Å². The van der Waals surface area contributed by atoms with E-state index in [1.54, 1.807) is 49.6 Å². The van der Waals surface area contributed by atoms with Crippen LogP contribution in [-0.4, -0.2) is 49.8 Å². The molecule has 13 heteroatoms. The molecule has 0 aromatic carbocycles. The minimum atomic E-state index is 0. The van der Waals surface area contributed by atoms with Crippen LogP contribution in [0.15, 0.2) is 73.8 Å². The standard InChI is InChI=1S/C28H12N12.Fe/c1-5-29-9-17-13(1)21-33-25(17)38-22-15-3-7-31-11-19(15)27(35-22)40-24-16-4-8-32-12-20(16)28(36-24)39-23-14-2-6-30-10-18(14)26(34-23)37-21;/h1-12H;/q-2;+2. The van der Waals surface area contributed by atoms with Gasteiger partial charge in [-0.15, -0.1) is 0 Å². The SMILES string of the molecule is [Fe+2].c1cc2c(cn1)-c1nc-2nc2[n-]c(nc3nc(nc4[n-]c(n1)c1ccncc41)-c1ccncc1-3)c1ccncc21. The van der Waals surface area contributed by atoms with E-state index in [4.69, 9.17) is 39.9 Å². The van der Waals surface area contributed by atoms with Crippen molar-refractivity contribution in [3.8, 4) is 45.6 Å². The Labute approximate surface area is 240 Å². The van der Waals surface area contributed by atoms with E-state index < -0.39 is 0 Å². The predicted molar refractivity (Wildman–Crippen MR) is 145 cm³/mol. The van der Waals surface area contributed by atoms with Crippen molar-refractivity contribution in [3.05, 3.63) is 73.8 Å². The number of fused-ring (bicyclic) bond motifs is 20. The quantitative estimate of drug-likeness (QED) is 0.243. The predicted octanol–water partition coefficient (Wildman–Crippen LogP) is 3.70. The molecule has 0 aliphatic carbocycles. The first-order chi connectivity index (χ1) is 19.8. The summed E-state index contributed by atoms with van der Waals surface area (Å²) >= 11 is 0. The van der Waals surface area contributed by atoms with E-state index in [1.807, 2.05) is 24.3 Å². The molecule has 0 spiro atoms. The van der Waals surface area contributed by atoms with E-state index in [0.29, 0.717) is 45.9 Å². The second kappa shape index (κ2) is 8.74. The molecule has 0 amide bonds. The monoisotopic (exact) mass is 572 g/mol. The number of aromatic nitrogens is 12. The van der Waals surface area contributed by atoms with Crippen molar-refractivity contribution in [1.29, 1.82) is 0 Å². The summed E-state index contributed by atoms with van der Waals surface area (Å²) in [5.74, 6) is 1.81. The number of pyridine rings is 4. The molecule has 8 bridgehead atoms. The van der Waals surface area contributed by atoms with Crippen LogP contribution in [0.3, 0.4) is 0 Å². The van der Waals surface area contributed by atoms with Gasteiger partial charge >= 0.3 is 17.1 Å². The summed E-state index contributed by atoms with van der Waals surface area (Å²) in [6.07, 6.45) is 13.7. The molecule has 0 radical (unpaired) electrons. The molecule has 2 aliphatic heterocycles. The Morgan fingerprint density at radius 3 is 1.20 bits per heavy atom. The Kier molecular flexibility index (Phi) is 4.99. The molecule has 7 aromatic heterocycles. The molecule has 0 atom stereocenters. The molecule has 9 heterocycles. The Bertz CT molecular complexity index is 2040. The molecule has 0 fully saturated rings. The van der Waals surface area contributed by atoms with E-state index in [1.165, 1.54) is 0 Å². The Balaban J connectivity index is 0.00000256. The van der Waals surface area contributed by atoms with E-state index in [0.717, 1.165) is 43.8 Å². The summed E-state index contributed by atoms with van der Waals surface area (Å²) in [6, 6.07) is 7.44. The van der Waals surface area contributed by atoms with E-state index >= 15 is 0 Å². The molecule has 0 unspecified atom stereocenters. The molecular weight excluding hydrogens is 560 g/mol. The topological polar surface area (TPSA) is 157 Å². The molecule has 0 N–H and O–H groups in total. The van der Waals surface area contributed by atoms with Crippen molar-refractivity contribution < 1.29 is 17.1 Å². The summed E-state index contributed by atoms with van der Waals surface area (Å²) in [5, 5.41) is 3.07. The van der Waals surface area contributed by atoms with Gasteiger partial charge in [0.2, 0.25) is 0 Å². The molecule has 7 aromatic rings. The molecule has 12 nitrogen and oxygen atoms in total. The normalized spacial score (nSPS) is 11.7. The van der Waals surface area contributed by atoms with Crippen molar-refractivity contribution in [2.75, 3.05) is 0 Å². The second-order valence-corrected chi connectivity index (χ2v) is 9.17. The second-order valence-electron chi connectivity index (χ2n) is 9.17. The molecule has 9 rings (SSSR count). The number of hydrogen-bond acceptors (Lipinski definition) is 10. The van der Waals surface area contributed by atoms with Gasteiger partial charge in [0.1, 0.15) is 0 Å². The molecular formula is C28H12FeN12. The Morgan fingerprint density at radius 1 is 0.366 bits per heavy atom. The smallest absolute Gasteiger partial charge is 0.357 e. The molecule has 41 heavy (non-hydrogen) atoms. The number of nitrogens with zero attached hydrogens (tertiary/aromatic N) is 12. The van der Waals surface area contributed by atoms with E-state index in [-0.39, 0.29) is 17.1 Å². The molecule has 0 saturated heterocycles. The van der Waals surface area contributed by atoms with Crippen LogP contribution in [0, 0.1) is 0 Å². The fraction of sp³-hybridized carbons (Fsp3) is 0. The van der Waals surface area contributed by atoms with Crippen molar-refractivity contribution in [3.63, 3.8) is 0 Å². The van der Waals surface area contributed by atoms with Crippen molar-refractivity contribution >= 4 is 44.1 Å². The zero-order valence-electron chi connectivity index (χ0n) is 20.6. The fourth-order valence-corrected chi connectivity index (χ4v) is 5.04. The largest absolute Gasteiger partial charge is 2.00 e. The van der Waals surface area contributed by atoms with Crippen LogP contribution in [0.5, 0.6) is 0 Å². The number of hydrogen-bond donors (Lipinski definition) is 0. The third-order valence-electron chi connectivity index (χ3n) is 6.91. The molecule has 192 valence electrons. The van der Waals surface area contributed by atoms with E-state index in [9.17, 15) is 0 Å². The first-order valence-corrected chi connectivity index (χ1v) is 12.3. The first-order valence-electron chi connectivity index (χ1n) is 12.3. The van der Waals surface area contributed by atoms with Gasteiger partial charge in [0.05, 0.1) is 23.3 Å². The van der Waals surface area contributed by atoms with Gasteiger partial charge in [0, 0.05) is 105 Å². The van der Waals surface area contributed by atoms with Crippen molar-refractivity contribution in [2.45, 2.75) is 0 Å². The third kappa shape index (κ3) is 3.46. The van der Waals surface area contributed by atoms with Crippen LogP contribution in [0.4, 0.5) is 0 Å². The van der Waals surface area contributed by atoms with Gasteiger partial charge in [-0.3, -0.25) is 19.9 Å². The van der Waals surface area contributed by atoms with Gasteiger partial charge in [-0.05, 0) is 35.0 Å². The molecule has 2 aliphatic rings. The van der Waals surface area contributed by atoms with Gasteiger partial charge in [0.15, 0.2) is 0 Å². The average molecular weight is 572 g/mol. The maximum absolute atomic E-state index is 4.86. The maximum Gasteiger partial charge on any atom is 2.00 e. The van der Waals surface area contributed by atoms with Gasteiger partial charge in [-0.25, -0.2) is 9.97 Å². The van der Waals surface area contributed by atoms with Gasteiger partial charge in [0.25, 0.3) is 0 Å². The van der Waals surface area contributed by atoms with Crippen LogP contribution in [-0.2, 0) is 17.1 Å². The van der Waals surface area contributed by atoms with Crippen LogP contribution < -0.4 is 9.97 Å². The fourth-order valence-electron chi connectivity index (χ4n) is 5.04. The number of rotatable bonds is 0. The van der Waals surface area contributed by atoms with Gasteiger partial charge in [-0.2, -0.15) is 0 Å². The summed E-state index contributed by atoms with van der Waals surface area (Å²) in [5.41, 5.74) is 4.88. The van der Waals surface area contributed by atoms with Gasteiger partial charge < -0.3 is 29.9 Å². The zero-order valence-corrected chi connectivity index (χ0v) is 21.8. The van der Waals surface area contributed by atoms with E-state index in [2.05, 4.69) is 19.9 Å². The average Bonchev–Trinajstić information content (AvgIpc) is 3.73. The Morgan fingerprint density at radius 2 is 0.732 bits per heavy atom.